The van der Waals surface area contributed by atoms with Crippen LogP contribution in [-0.4, -0.2) is 60.6 Å². The summed E-state index contributed by atoms with van der Waals surface area (Å²) in [6.45, 7) is 4.78. The third-order valence-corrected chi connectivity index (χ3v) is 7.54. The quantitative estimate of drug-likeness (QED) is 0.321. The number of benzene rings is 2. The van der Waals surface area contributed by atoms with Crippen molar-refractivity contribution in [2.24, 2.45) is 0 Å². The van der Waals surface area contributed by atoms with E-state index >= 15 is 0 Å². The summed E-state index contributed by atoms with van der Waals surface area (Å²) in [6.07, 6.45) is 7.03. The van der Waals surface area contributed by atoms with Crippen molar-refractivity contribution in [2.45, 2.75) is 6.54 Å². The van der Waals surface area contributed by atoms with Crippen LogP contribution in [0.3, 0.4) is 0 Å². The molecular weight excluding hydrogens is 510 g/mol. The number of hydrogen-bond donors (Lipinski definition) is 1. The molecule has 9 nitrogen and oxygen atoms in total. The molecule has 0 amide bonds. The molecule has 5 heterocycles. The molecule has 1 aliphatic rings. The maximum Gasteiger partial charge on any atom is 0.165 e. The van der Waals surface area contributed by atoms with Crippen LogP contribution < -0.4 is 10.6 Å². The number of hydrogen-bond acceptors (Lipinski definition) is 8. The highest BCUT2D eigenvalue weighted by Crippen LogP contribution is 2.32. The van der Waals surface area contributed by atoms with Crippen LogP contribution in [0.1, 0.15) is 5.56 Å². The predicted octanol–water partition coefficient (Wildman–Crippen LogP) is 4.84. The highest BCUT2D eigenvalue weighted by Gasteiger charge is 2.20. The maximum absolute atomic E-state index is 6.32. The summed E-state index contributed by atoms with van der Waals surface area (Å²) in [7, 11) is 0. The molecule has 1 saturated heterocycles. The molecule has 1 fully saturated rings. The first-order valence-corrected chi connectivity index (χ1v) is 13.7. The van der Waals surface area contributed by atoms with Crippen molar-refractivity contribution in [3.05, 3.63) is 109 Å². The highest BCUT2D eigenvalue weighted by molar-refractivity contribution is 5.84. The molecule has 41 heavy (non-hydrogen) atoms. The lowest BCUT2D eigenvalue weighted by molar-refractivity contribution is 0.250. The van der Waals surface area contributed by atoms with Gasteiger partial charge in [0.1, 0.15) is 17.7 Å². The van der Waals surface area contributed by atoms with Crippen molar-refractivity contribution in [2.75, 3.05) is 36.8 Å². The minimum Gasteiger partial charge on any atom is -0.383 e. The van der Waals surface area contributed by atoms with E-state index in [0.717, 1.165) is 77.9 Å². The standard InChI is InChI=1S/C32H29N9/c33-30-27(7-4-14-36-30)31-38-29-13-12-28(24-5-2-1-3-6-24)37-32(29)41(31)25-10-8-23(9-11-25)21-39-15-17-40(18-16-39)26-19-34-22-35-20-26/h1-14,19-20,22H,15-18,21H2,(H2,33,36). The van der Waals surface area contributed by atoms with E-state index in [1.165, 1.54) is 5.56 Å². The van der Waals surface area contributed by atoms with Crippen LogP contribution in [0.15, 0.2) is 104 Å². The fourth-order valence-corrected chi connectivity index (χ4v) is 5.39. The molecule has 0 radical (unpaired) electrons. The molecule has 0 aliphatic carbocycles. The number of nitrogens with two attached hydrogens (primary N) is 1. The zero-order valence-electron chi connectivity index (χ0n) is 22.5. The first-order chi connectivity index (χ1) is 20.2. The van der Waals surface area contributed by atoms with Crippen LogP contribution in [-0.2, 0) is 6.54 Å². The number of imidazole rings is 1. The number of anilines is 2. The van der Waals surface area contributed by atoms with Gasteiger partial charge in [-0.3, -0.25) is 9.47 Å². The van der Waals surface area contributed by atoms with Crippen molar-refractivity contribution < 1.29 is 0 Å². The van der Waals surface area contributed by atoms with Crippen molar-refractivity contribution in [3.8, 4) is 28.3 Å². The highest BCUT2D eigenvalue weighted by atomic mass is 15.3. The van der Waals surface area contributed by atoms with Gasteiger partial charge in [-0.25, -0.2) is 24.9 Å². The third kappa shape index (κ3) is 4.99. The number of nitrogen functional groups attached to an aromatic ring is 1. The Hall–Kier alpha value is -5.15. The number of aromatic nitrogens is 6. The van der Waals surface area contributed by atoms with Gasteiger partial charge in [0.15, 0.2) is 11.5 Å². The summed E-state index contributed by atoms with van der Waals surface area (Å²) in [4.78, 5) is 27.5. The van der Waals surface area contributed by atoms with E-state index < -0.39 is 0 Å². The minimum absolute atomic E-state index is 0.435. The summed E-state index contributed by atoms with van der Waals surface area (Å²) in [6, 6.07) is 26.7. The van der Waals surface area contributed by atoms with E-state index in [-0.39, 0.29) is 0 Å². The second kappa shape index (κ2) is 10.8. The van der Waals surface area contributed by atoms with Gasteiger partial charge in [0.2, 0.25) is 0 Å². The summed E-state index contributed by atoms with van der Waals surface area (Å²) >= 11 is 0. The summed E-state index contributed by atoms with van der Waals surface area (Å²) in [5.74, 6) is 1.15. The summed E-state index contributed by atoms with van der Waals surface area (Å²) in [5.41, 5.74) is 13.9. The monoisotopic (exact) mass is 539 g/mol. The molecule has 0 atom stereocenters. The van der Waals surface area contributed by atoms with Gasteiger partial charge in [-0.1, -0.05) is 42.5 Å². The molecule has 0 spiro atoms. The van der Waals surface area contributed by atoms with Crippen LogP contribution in [0.2, 0.25) is 0 Å². The lowest BCUT2D eigenvalue weighted by Crippen LogP contribution is -2.46. The van der Waals surface area contributed by atoms with Gasteiger partial charge in [-0.15, -0.1) is 0 Å². The first kappa shape index (κ1) is 24.9. The molecule has 1 aliphatic heterocycles. The summed E-state index contributed by atoms with van der Waals surface area (Å²) in [5, 5.41) is 0. The van der Waals surface area contributed by atoms with Crippen molar-refractivity contribution in [1.82, 2.24) is 34.4 Å². The smallest absolute Gasteiger partial charge is 0.165 e. The molecule has 0 bridgehead atoms. The average molecular weight is 540 g/mol. The number of piperazine rings is 1. The number of rotatable bonds is 6. The van der Waals surface area contributed by atoms with Gasteiger partial charge in [-0.2, -0.15) is 0 Å². The molecule has 6 aromatic rings. The number of pyridine rings is 2. The van der Waals surface area contributed by atoms with Crippen LogP contribution in [0.25, 0.3) is 39.5 Å². The Morgan fingerprint density at radius 1 is 0.732 bits per heavy atom. The summed E-state index contributed by atoms with van der Waals surface area (Å²) < 4.78 is 2.08. The lowest BCUT2D eigenvalue weighted by Gasteiger charge is -2.35. The number of nitrogens with zero attached hydrogens (tertiary/aromatic N) is 8. The van der Waals surface area contributed by atoms with Crippen LogP contribution in [0, 0.1) is 0 Å². The van der Waals surface area contributed by atoms with E-state index in [9.17, 15) is 0 Å². The van der Waals surface area contributed by atoms with Gasteiger partial charge in [0.25, 0.3) is 0 Å². The van der Waals surface area contributed by atoms with Gasteiger partial charge in [-0.05, 0) is 42.0 Å². The topological polar surface area (TPSA) is 102 Å². The van der Waals surface area contributed by atoms with Gasteiger partial charge in [0.05, 0.1) is 29.3 Å². The first-order valence-electron chi connectivity index (χ1n) is 13.7. The predicted molar refractivity (Wildman–Crippen MR) is 161 cm³/mol. The molecule has 4 aromatic heterocycles. The van der Waals surface area contributed by atoms with Crippen LogP contribution in [0.5, 0.6) is 0 Å². The molecule has 2 aromatic carbocycles. The molecule has 7 rings (SSSR count). The van der Waals surface area contributed by atoms with E-state index in [1.807, 2.05) is 54.9 Å². The normalized spacial score (nSPS) is 14.0. The maximum atomic E-state index is 6.32. The molecule has 9 heteroatoms. The van der Waals surface area contributed by atoms with E-state index in [0.29, 0.717) is 5.82 Å². The van der Waals surface area contributed by atoms with Crippen LogP contribution >= 0.6 is 0 Å². The fourth-order valence-electron chi connectivity index (χ4n) is 5.39. The Labute approximate surface area is 238 Å². The minimum atomic E-state index is 0.435. The van der Waals surface area contributed by atoms with E-state index in [2.05, 4.69) is 65.7 Å². The Kier molecular flexibility index (Phi) is 6.54. The SMILES string of the molecule is Nc1ncccc1-c1nc2ccc(-c3ccccc3)nc2n1-c1ccc(CN2CCN(c3cncnc3)CC2)cc1. The second-order valence-electron chi connectivity index (χ2n) is 10.1. The molecule has 0 unspecified atom stereocenters. The Bertz CT molecular complexity index is 1780. The van der Waals surface area contributed by atoms with Gasteiger partial charge >= 0.3 is 0 Å². The van der Waals surface area contributed by atoms with Crippen molar-refractivity contribution in [3.63, 3.8) is 0 Å². The fraction of sp³-hybridized carbons (Fsp3) is 0.156. The van der Waals surface area contributed by atoms with Crippen LogP contribution in [0.4, 0.5) is 11.5 Å². The van der Waals surface area contributed by atoms with Crippen molar-refractivity contribution in [1.29, 1.82) is 0 Å². The largest absolute Gasteiger partial charge is 0.383 e. The zero-order chi connectivity index (χ0) is 27.6. The lowest BCUT2D eigenvalue weighted by atomic mass is 10.1. The number of fused-ring (bicyclic) bond motifs is 1. The third-order valence-electron chi connectivity index (χ3n) is 7.54. The molecule has 2 N–H and O–H groups in total. The van der Waals surface area contributed by atoms with Crippen molar-refractivity contribution >= 4 is 22.7 Å². The van der Waals surface area contributed by atoms with E-state index in [4.69, 9.17) is 15.7 Å². The Balaban J connectivity index is 1.19. The van der Waals surface area contributed by atoms with Gasteiger partial charge < -0.3 is 10.6 Å². The molecule has 0 saturated carbocycles. The van der Waals surface area contributed by atoms with Gasteiger partial charge in [0, 0.05) is 50.2 Å². The molecular formula is C32H29N9. The second-order valence-corrected chi connectivity index (χ2v) is 10.1. The zero-order valence-corrected chi connectivity index (χ0v) is 22.5. The average Bonchev–Trinajstić information content (AvgIpc) is 3.41. The Morgan fingerprint density at radius 3 is 2.27 bits per heavy atom. The molecule has 202 valence electrons. The van der Waals surface area contributed by atoms with E-state index in [1.54, 1.807) is 12.5 Å². The Morgan fingerprint density at radius 2 is 1.51 bits per heavy atom.